The zero-order chi connectivity index (χ0) is 15.0. The maximum absolute atomic E-state index is 11.9. The van der Waals surface area contributed by atoms with Gasteiger partial charge in [-0.15, -0.1) is 11.3 Å². The van der Waals surface area contributed by atoms with Gasteiger partial charge in [0.15, 0.2) is 0 Å². The monoisotopic (exact) mass is 300 g/mol. The summed E-state index contributed by atoms with van der Waals surface area (Å²) in [5.74, 6) is -0.807. The standard InChI is InChI=1S/C15H12N2O3S/c1-17-14(19)11-5-4-9(7-12(11)15(17)20)16-13(18)8-10-3-2-6-21-10/h2-7H,8H2,1H3,(H,16,18). The number of fused-ring (bicyclic) bond motifs is 1. The topological polar surface area (TPSA) is 66.5 Å². The molecule has 0 radical (unpaired) electrons. The maximum atomic E-state index is 11.9. The van der Waals surface area contributed by atoms with Crippen LogP contribution in [-0.4, -0.2) is 29.7 Å². The Morgan fingerprint density at radius 2 is 1.95 bits per heavy atom. The van der Waals surface area contributed by atoms with Gasteiger partial charge >= 0.3 is 0 Å². The quantitative estimate of drug-likeness (QED) is 0.883. The number of nitrogens with zero attached hydrogens (tertiary/aromatic N) is 1. The highest BCUT2D eigenvalue weighted by Gasteiger charge is 2.32. The number of thiophene rings is 1. The van der Waals surface area contributed by atoms with Crippen LogP contribution in [0.4, 0.5) is 5.69 Å². The number of nitrogens with one attached hydrogen (secondary N) is 1. The molecule has 6 heteroatoms. The zero-order valence-electron chi connectivity index (χ0n) is 11.3. The van der Waals surface area contributed by atoms with Gasteiger partial charge in [0.05, 0.1) is 17.5 Å². The number of hydrogen-bond donors (Lipinski definition) is 1. The molecular weight excluding hydrogens is 288 g/mol. The molecule has 0 saturated carbocycles. The van der Waals surface area contributed by atoms with Crippen LogP contribution in [0, 0.1) is 0 Å². The van der Waals surface area contributed by atoms with Crippen molar-refractivity contribution < 1.29 is 14.4 Å². The van der Waals surface area contributed by atoms with Gasteiger partial charge in [-0.1, -0.05) is 6.07 Å². The molecule has 106 valence electrons. The highest BCUT2D eigenvalue weighted by molar-refractivity contribution is 7.10. The van der Waals surface area contributed by atoms with Crippen molar-refractivity contribution in [3.05, 3.63) is 51.7 Å². The summed E-state index contributed by atoms with van der Waals surface area (Å²) in [6.45, 7) is 0. The van der Waals surface area contributed by atoms with Gasteiger partial charge in [-0.2, -0.15) is 0 Å². The van der Waals surface area contributed by atoms with Crippen LogP contribution in [0.2, 0.25) is 0 Å². The molecule has 0 fully saturated rings. The van der Waals surface area contributed by atoms with E-state index in [2.05, 4.69) is 5.32 Å². The second-order valence-corrected chi connectivity index (χ2v) is 5.77. The van der Waals surface area contributed by atoms with Gasteiger partial charge in [-0.3, -0.25) is 19.3 Å². The van der Waals surface area contributed by atoms with Crippen molar-refractivity contribution in [2.75, 3.05) is 12.4 Å². The van der Waals surface area contributed by atoms with Gasteiger partial charge < -0.3 is 5.32 Å². The lowest BCUT2D eigenvalue weighted by Gasteiger charge is -2.05. The molecule has 0 unspecified atom stereocenters. The fraction of sp³-hybridized carbons (Fsp3) is 0.133. The Morgan fingerprint density at radius 1 is 1.19 bits per heavy atom. The normalized spacial score (nSPS) is 13.5. The summed E-state index contributed by atoms with van der Waals surface area (Å²) in [4.78, 5) is 37.6. The summed E-state index contributed by atoms with van der Waals surface area (Å²) in [6, 6.07) is 8.54. The number of carbonyl (C=O) groups excluding carboxylic acids is 3. The highest BCUT2D eigenvalue weighted by atomic mass is 32.1. The summed E-state index contributed by atoms with van der Waals surface area (Å²) in [7, 11) is 1.44. The van der Waals surface area contributed by atoms with Crippen LogP contribution in [0.5, 0.6) is 0 Å². The first-order valence-corrected chi connectivity index (χ1v) is 7.23. The molecule has 1 aliphatic heterocycles. The van der Waals surface area contributed by atoms with Gasteiger partial charge in [0, 0.05) is 17.6 Å². The van der Waals surface area contributed by atoms with Crippen LogP contribution < -0.4 is 5.32 Å². The third kappa shape index (κ3) is 2.45. The Labute approximate surface area is 125 Å². The van der Waals surface area contributed by atoms with E-state index in [9.17, 15) is 14.4 Å². The lowest BCUT2D eigenvalue weighted by atomic mass is 10.1. The van der Waals surface area contributed by atoms with Gasteiger partial charge in [-0.25, -0.2) is 0 Å². The average Bonchev–Trinajstić information content (AvgIpc) is 3.03. The number of imide groups is 1. The summed E-state index contributed by atoms with van der Waals surface area (Å²) < 4.78 is 0. The second kappa shape index (κ2) is 5.14. The lowest BCUT2D eigenvalue weighted by Crippen LogP contribution is -2.24. The minimum absolute atomic E-state index is 0.150. The Balaban J connectivity index is 1.78. The average molecular weight is 300 g/mol. The molecular formula is C15H12N2O3S. The van der Waals surface area contributed by atoms with Gasteiger partial charge in [-0.05, 0) is 29.6 Å². The minimum Gasteiger partial charge on any atom is -0.326 e. The summed E-state index contributed by atoms with van der Waals surface area (Å²) in [6.07, 6.45) is 0.293. The summed E-state index contributed by atoms with van der Waals surface area (Å²) in [5.41, 5.74) is 1.22. The molecule has 2 aromatic rings. The van der Waals surface area contributed by atoms with Gasteiger partial charge in [0.1, 0.15) is 0 Å². The van der Waals surface area contributed by atoms with Crippen LogP contribution in [0.15, 0.2) is 35.7 Å². The van der Waals surface area contributed by atoms with Gasteiger partial charge in [0.2, 0.25) is 5.91 Å². The fourth-order valence-electron chi connectivity index (χ4n) is 2.22. The van der Waals surface area contributed by atoms with Crippen molar-refractivity contribution in [3.8, 4) is 0 Å². The Hall–Kier alpha value is -2.47. The molecule has 0 bridgehead atoms. The third-order valence-corrected chi connectivity index (χ3v) is 4.16. The summed E-state index contributed by atoms with van der Waals surface area (Å²) >= 11 is 1.52. The highest BCUT2D eigenvalue weighted by Crippen LogP contribution is 2.24. The van der Waals surface area contributed by atoms with Crippen LogP contribution >= 0.6 is 11.3 Å². The molecule has 1 N–H and O–H groups in total. The smallest absolute Gasteiger partial charge is 0.261 e. The van der Waals surface area contributed by atoms with E-state index in [0.29, 0.717) is 23.2 Å². The zero-order valence-corrected chi connectivity index (χ0v) is 12.1. The molecule has 0 spiro atoms. The number of benzene rings is 1. The molecule has 1 aromatic heterocycles. The van der Waals surface area contributed by atoms with Gasteiger partial charge in [0.25, 0.3) is 11.8 Å². The van der Waals surface area contributed by atoms with Crippen molar-refractivity contribution in [2.45, 2.75) is 6.42 Å². The van der Waals surface area contributed by atoms with Crippen molar-refractivity contribution in [2.24, 2.45) is 0 Å². The van der Waals surface area contributed by atoms with E-state index >= 15 is 0 Å². The fourth-order valence-corrected chi connectivity index (χ4v) is 2.92. The second-order valence-electron chi connectivity index (χ2n) is 4.73. The predicted molar refractivity (Wildman–Crippen MR) is 79.5 cm³/mol. The first kappa shape index (κ1) is 13.5. The predicted octanol–water partition coefficient (Wildman–Crippen LogP) is 2.16. The minimum atomic E-state index is -0.343. The third-order valence-electron chi connectivity index (χ3n) is 3.29. The molecule has 1 aliphatic rings. The summed E-state index contributed by atoms with van der Waals surface area (Å²) in [5, 5.41) is 4.66. The van der Waals surface area contributed by atoms with E-state index < -0.39 is 0 Å². The van der Waals surface area contributed by atoms with Crippen LogP contribution in [0.3, 0.4) is 0 Å². The largest absolute Gasteiger partial charge is 0.326 e. The van der Waals surface area contributed by atoms with Crippen LogP contribution in [0.1, 0.15) is 25.6 Å². The Kier molecular flexibility index (Phi) is 3.31. The number of rotatable bonds is 3. The molecule has 3 rings (SSSR count). The molecule has 21 heavy (non-hydrogen) atoms. The van der Waals surface area contributed by atoms with Crippen molar-refractivity contribution in [1.29, 1.82) is 0 Å². The first-order chi connectivity index (χ1) is 10.1. The van der Waals surface area contributed by atoms with Crippen molar-refractivity contribution in [3.63, 3.8) is 0 Å². The van der Waals surface area contributed by atoms with Crippen LogP contribution in [-0.2, 0) is 11.2 Å². The Bertz CT molecular complexity index is 737. The van der Waals surface area contributed by atoms with E-state index in [0.717, 1.165) is 9.78 Å². The molecule has 0 aliphatic carbocycles. The number of amides is 3. The maximum Gasteiger partial charge on any atom is 0.261 e. The molecule has 0 atom stereocenters. The van der Waals surface area contributed by atoms with E-state index in [-0.39, 0.29) is 17.7 Å². The first-order valence-electron chi connectivity index (χ1n) is 6.35. The van der Waals surface area contributed by atoms with Crippen molar-refractivity contribution in [1.82, 2.24) is 4.90 Å². The molecule has 3 amide bonds. The van der Waals surface area contributed by atoms with Crippen molar-refractivity contribution >= 4 is 34.7 Å². The molecule has 0 saturated heterocycles. The van der Waals surface area contributed by atoms with E-state index in [1.807, 2.05) is 17.5 Å². The van der Waals surface area contributed by atoms with E-state index in [1.165, 1.54) is 18.4 Å². The number of anilines is 1. The molecule has 5 nitrogen and oxygen atoms in total. The van der Waals surface area contributed by atoms with E-state index in [4.69, 9.17) is 0 Å². The van der Waals surface area contributed by atoms with Crippen LogP contribution in [0.25, 0.3) is 0 Å². The molecule has 1 aromatic carbocycles. The molecule has 2 heterocycles. The lowest BCUT2D eigenvalue weighted by molar-refractivity contribution is -0.115. The number of hydrogen-bond acceptors (Lipinski definition) is 4. The number of carbonyl (C=O) groups is 3. The Morgan fingerprint density at radius 3 is 2.67 bits per heavy atom. The van der Waals surface area contributed by atoms with E-state index in [1.54, 1.807) is 18.2 Å². The SMILES string of the molecule is CN1C(=O)c2ccc(NC(=O)Cc3cccs3)cc2C1=O.